The van der Waals surface area contributed by atoms with E-state index in [1.165, 1.54) is 5.56 Å². The molecule has 2 N–H and O–H groups in total. The number of carbonyl (C=O) groups excluding carboxylic acids is 1. The number of halogens is 1. The van der Waals surface area contributed by atoms with Gasteiger partial charge in [0.25, 0.3) is 5.91 Å². The lowest BCUT2D eigenvalue weighted by Gasteiger charge is -2.12. The number of carbonyl (C=O) groups is 1. The number of aromatic amines is 1. The Hall–Kier alpha value is -1.75. The minimum atomic E-state index is -0.0838. The number of nitrogens with one attached hydrogen (secondary N) is 2. The van der Waals surface area contributed by atoms with E-state index in [2.05, 4.69) is 15.5 Å². The zero-order chi connectivity index (χ0) is 15.4. The predicted molar refractivity (Wildman–Crippen MR) is 83.8 cm³/mol. The van der Waals surface area contributed by atoms with Gasteiger partial charge in [-0.05, 0) is 45.2 Å². The van der Waals surface area contributed by atoms with Gasteiger partial charge in [-0.2, -0.15) is 5.10 Å². The van der Waals surface area contributed by atoms with Crippen LogP contribution in [0, 0.1) is 6.92 Å². The summed E-state index contributed by atoms with van der Waals surface area (Å²) in [5.41, 5.74) is 2.88. The Morgan fingerprint density at radius 1 is 1.52 bits per heavy atom. The second kappa shape index (κ2) is 6.80. The molecular formula is C15H21ClN4O. The van der Waals surface area contributed by atoms with Crippen molar-refractivity contribution < 1.29 is 4.79 Å². The quantitative estimate of drug-likeness (QED) is 0.805. The number of hydrogen-bond acceptors (Lipinski definition) is 2. The fourth-order valence-corrected chi connectivity index (χ4v) is 2.46. The van der Waals surface area contributed by atoms with Crippen molar-refractivity contribution >= 4 is 17.5 Å². The average Bonchev–Trinajstić information content (AvgIpc) is 3.01. The topological polar surface area (TPSA) is 62.7 Å². The summed E-state index contributed by atoms with van der Waals surface area (Å²) < 4.78 is 1.89. The number of aryl methyl sites for hydroxylation is 2. The zero-order valence-corrected chi connectivity index (χ0v) is 13.4. The van der Waals surface area contributed by atoms with E-state index in [1.54, 1.807) is 12.3 Å². The summed E-state index contributed by atoms with van der Waals surface area (Å²) in [6, 6.07) is 1.91. The molecule has 0 aromatic carbocycles. The monoisotopic (exact) mass is 308 g/mol. The zero-order valence-electron chi connectivity index (χ0n) is 12.6. The fourth-order valence-electron chi connectivity index (χ4n) is 2.25. The van der Waals surface area contributed by atoms with Gasteiger partial charge in [0.1, 0.15) is 5.69 Å². The van der Waals surface area contributed by atoms with Crippen LogP contribution in [-0.2, 0) is 6.42 Å². The normalized spacial score (nSPS) is 11.1. The van der Waals surface area contributed by atoms with Gasteiger partial charge in [-0.1, -0.05) is 11.6 Å². The number of amides is 1. The summed E-state index contributed by atoms with van der Waals surface area (Å²) in [7, 11) is 0. The second-order valence-electron chi connectivity index (χ2n) is 5.42. The summed E-state index contributed by atoms with van der Waals surface area (Å²) >= 11 is 5.99. The molecule has 0 radical (unpaired) electrons. The van der Waals surface area contributed by atoms with Crippen LogP contribution in [0.25, 0.3) is 0 Å². The average molecular weight is 309 g/mol. The van der Waals surface area contributed by atoms with Gasteiger partial charge in [0.2, 0.25) is 0 Å². The van der Waals surface area contributed by atoms with Crippen molar-refractivity contribution in [2.75, 3.05) is 6.54 Å². The standard InChI is InChI=1S/C15H21ClN4O/c1-10(2)20-9-13(16)7-14(20)15(21)17-6-4-5-12-8-18-19-11(12)3/h7-10H,4-6H2,1-3H3,(H,17,21)(H,18,19). The molecule has 0 aliphatic carbocycles. The molecule has 0 atom stereocenters. The van der Waals surface area contributed by atoms with Crippen LogP contribution in [0.15, 0.2) is 18.5 Å². The lowest BCUT2D eigenvalue weighted by molar-refractivity contribution is 0.0942. The van der Waals surface area contributed by atoms with Crippen LogP contribution < -0.4 is 5.32 Å². The molecule has 0 bridgehead atoms. The molecule has 1 amide bonds. The first-order valence-electron chi connectivity index (χ1n) is 7.13. The van der Waals surface area contributed by atoms with Gasteiger partial charge in [-0.3, -0.25) is 9.89 Å². The highest BCUT2D eigenvalue weighted by Crippen LogP contribution is 2.18. The number of nitrogens with zero attached hydrogens (tertiary/aromatic N) is 2. The smallest absolute Gasteiger partial charge is 0.267 e. The highest BCUT2D eigenvalue weighted by Gasteiger charge is 2.14. The highest BCUT2D eigenvalue weighted by molar-refractivity contribution is 6.31. The first-order chi connectivity index (χ1) is 9.99. The molecule has 0 saturated heterocycles. The van der Waals surface area contributed by atoms with Gasteiger partial charge in [0, 0.05) is 24.5 Å². The Labute approximate surface area is 129 Å². The number of rotatable bonds is 6. The van der Waals surface area contributed by atoms with Crippen molar-refractivity contribution in [3.63, 3.8) is 0 Å². The van der Waals surface area contributed by atoms with E-state index in [1.807, 2.05) is 31.5 Å². The summed E-state index contributed by atoms with van der Waals surface area (Å²) in [6.45, 7) is 6.67. The Bertz CT molecular complexity index is 615. The van der Waals surface area contributed by atoms with Gasteiger partial charge in [-0.15, -0.1) is 0 Å². The summed E-state index contributed by atoms with van der Waals surface area (Å²) in [5.74, 6) is -0.0838. The van der Waals surface area contributed by atoms with E-state index in [4.69, 9.17) is 11.6 Å². The molecule has 0 unspecified atom stereocenters. The highest BCUT2D eigenvalue weighted by atomic mass is 35.5. The molecule has 0 aliphatic heterocycles. The SMILES string of the molecule is Cc1[nH]ncc1CCCNC(=O)c1cc(Cl)cn1C(C)C. The maximum atomic E-state index is 12.2. The van der Waals surface area contributed by atoms with Gasteiger partial charge < -0.3 is 9.88 Å². The van der Waals surface area contributed by atoms with Crippen molar-refractivity contribution in [2.24, 2.45) is 0 Å². The third-order valence-corrected chi connectivity index (χ3v) is 3.65. The largest absolute Gasteiger partial charge is 0.351 e. The predicted octanol–water partition coefficient (Wildman–Crippen LogP) is 3.12. The number of hydrogen-bond donors (Lipinski definition) is 2. The van der Waals surface area contributed by atoms with Crippen molar-refractivity contribution in [2.45, 2.75) is 39.7 Å². The molecule has 2 rings (SSSR count). The maximum Gasteiger partial charge on any atom is 0.267 e. The second-order valence-corrected chi connectivity index (χ2v) is 5.86. The maximum absolute atomic E-state index is 12.2. The van der Waals surface area contributed by atoms with Crippen molar-refractivity contribution in [3.05, 3.63) is 40.4 Å². The van der Waals surface area contributed by atoms with Crippen molar-refractivity contribution in [1.82, 2.24) is 20.1 Å². The van der Waals surface area contributed by atoms with Crippen LogP contribution in [0.3, 0.4) is 0 Å². The molecule has 21 heavy (non-hydrogen) atoms. The van der Waals surface area contributed by atoms with Crippen LogP contribution in [0.4, 0.5) is 0 Å². The van der Waals surface area contributed by atoms with Crippen molar-refractivity contribution in [1.29, 1.82) is 0 Å². The molecule has 0 aliphatic rings. The third-order valence-electron chi connectivity index (χ3n) is 3.45. The van der Waals surface area contributed by atoms with E-state index in [0.29, 0.717) is 17.3 Å². The Balaban J connectivity index is 1.86. The first-order valence-corrected chi connectivity index (χ1v) is 7.51. The van der Waals surface area contributed by atoms with E-state index >= 15 is 0 Å². The number of H-pyrrole nitrogens is 1. The van der Waals surface area contributed by atoms with E-state index in [0.717, 1.165) is 18.5 Å². The molecule has 2 aromatic rings. The van der Waals surface area contributed by atoms with Crippen LogP contribution in [0.2, 0.25) is 5.02 Å². The third kappa shape index (κ3) is 3.88. The molecule has 2 aromatic heterocycles. The van der Waals surface area contributed by atoms with Gasteiger partial charge in [0.05, 0.1) is 11.2 Å². The van der Waals surface area contributed by atoms with E-state index in [9.17, 15) is 4.79 Å². The Kier molecular flexibility index (Phi) is 5.07. The minimum Gasteiger partial charge on any atom is -0.351 e. The van der Waals surface area contributed by atoms with Gasteiger partial charge in [0.15, 0.2) is 0 Å². The first kappa shape index (κ1) is 15.6. The van der Waals surface area contributed by atoms with Crippen molar-refractivity contribution in [3.8, 4) is 0 Å². The van der Waals surface area contributed by atoms with E-state index < -0.39 is 0 Å². The van der Waals surface area contributed by atoms with Crippen LogP contribution in [0.1, 0.15) is 48.1 Å². The molecule has 5 nitrogen and oxygen atoms in total. The molecular weight excluding hydrogens is 288 g/mol. The van der Waals surface area contributed by atoms with Crippen LogP contribution in [0.5, 0.6) is 0 Å². The summed E-state index contributed by atoms with van der Waals surface area (Å²) in [5, 5.41) is 10.4. The molecule has 0 saturated carbocycles. The molecule has 0 fully saturated rings. The van der Waals surface area contributed by atoms with Gasteiger partial charge in [-0.25, -0.2) is 0 Å². The summed E-state index contributed by atoms with van der Waals surface area (Å²) in [4.78, 5) is 12.2. The van der Waals surface area contributed by atoms with Gasteiger partial charge >= 0.3 is 0 Å². The molecule has 0 spiro atoms. The van der Waals surface area contributed by atoms with Crippen LogP contribution >= 0.6 is 11.6 Å². The Morgan fingerprint density at radius 2 is 2.29 bits per heavy atom. The molecule has 6 heteroatoms. The summed E-state index contributed by atoms with van der Waals surface area (Å²) in [6.07, 6.45) is 5.40. The lowest BCUT2D eigenvalue weighted by Crippen LogP contribution is -2.27. The lowest BCUT2D eigenvalue weighted by atomic mass is 10.1. The van der Waals surface area contributed by atoms with Crippen LogP contribution in [-0.4, -0.2) is 27.2 Å². The Morgan fingerprint density at radius 3 is 2.90 bits per heavy atom. The molecule has 2 heterocycles. The van der Waals surface area contributed by atoms with E-state index in [-0.39, 0.29) is 11.9 Å². The number of aromatic nitrogens is 3. The molecule has 114 valence electrons. The fraction of sp³-hybridized carbons (Fsp3) is 0.467. The minimum absolute atomic E-state index is 0.0838.